The third-order valence-corrected chi connectivity index (χ3v) is 1.87. The molecule has 0 saturated heterocycles. The van der Waals surface area contributed by atoms with E-state index in [1.807, 2.05) is 0 Å². The van der Waals surface area contributed by atoms with E-state index in [-0.39, 0.29) is 0 Å². The maximum atomic E-state index is 11.6. The summed E-state index contributed by atoms with van der Waals surface area (Å²) in [5, 5.41) is 0. The van der Waals surface area contributed by atoms with E-state index >= 15 is 0 Å². The van der Waals surface area contributed by atoms with Gasteiger partial charge in [-0.1, -0.05) is 0 Å². The zero-order valence-electron chi connectivity index (χ0n) is 10.3. The highest BCUT2D eigenvalue weighted by Gasteiger charge is 2.13. The monoisotopic (exact) mass is 239 g/mol. The molecule has 0 aliphatic carbocycles. The minimum Gasteiger partial charge on any atom is -0.497 e. The van der Waals surface area contributed by atoms with Gasteiger partial charge in [0, 0.05) is 6.07 Å². The Balaban J connectivity index is 2.84. The second-order valence-corrected chi connectivity index (χ2v) is 3.46. The van der Waals surface area contributed by atoms with Gasteiger partial charge >= 0.3 is 5.97 Å². The lowest BCUT2D eigenvalue weighted by atomic mass is 10.2. The summed E-state index contributed by atoms with van der Waals surface area (Å²) in [5.41, 5.74) is 0.294. The van der Waals surface area contributed by atoms with Crippen LogP contribution in [0.3, 0.4) is 0 Å². The standard InChI is InChI=1S/C12H15O5/c1-8(2)16-17-12(13)9-5-10(14-3)7-11(6-9)15-4/h5-7H,1-4H3. The van der Waals surface area contributed by atoms with Crippen LogP contribution < -0.4 is 9.47 Å². The number of hydrogen-bond donors (Lipinski definition) is 0. The summed E-state index contributed by atoms with van der Waals surface area (Å²) in [6.07, 6.45) is 0.535. The Morgan fingerprint density at radius 1 is 0.941 bits per heavy atom. The van der Waals surface area contributed by atoms with Gasteiger partial charge in [-0.2, -0.15) is 4.89 Å². The fourth-order valence-electron chi connectivity index (χ4n) is 1.09. The van der Waals surface area contributed by atoms with Gasteiger partial charge < -0.3 is 9.47 Å². The smallest absolute Gasteiger partial charge is 0.373 e. The van der Waals surface area contributed by atoms with Gasteiger partial charge in [0.15, 0.2) is 0 Å². The van der Waals surface area contributed by atoms with Crippen molar-refractivity contribution in [3.8, 4) is 11.5 Å². The van der Waals surface area contributed by atoms with E-state index in [4.69, 9.17) is 14.4 Å². The summed E-state index contributed by atoms with van der Waals surface area (Å²) >= 11 is 0. The molecule has 1 aromatic rings. The zero-order chi connectivity index (χ0) is 12.8. The summed E-state index contributed by atoms with van der Waals surface area (Å²) < 4.78 is 10.1. The zero-order valence-corrected chi connectivity index (χ0v) is 10.3. The number of methoxy groups -OCH3 is 2. The van der Waals surface area contributed by atoms with Crippen LogP contribution in [0, 0.1) is 6.10 Å². The molecule has 93 valence electrons. The number of rotatable bonds is 5. The minimum absolute atomic E-state index is 0.294. The van der Waals surface area contributed by atoms with Crippen molar-refractivity contribution in [2.45, 2.75) is 13.8 Å². The number of carbonyl (C=O) groups is 1. The second kappa shape index (κ2) is 6.10. The lowest BCUT2D eigenvalue weighted by Gasteiger charge is -2.08. The Morgan fingerprint density at radius 3 is 1.88 bits per heavy atom. The number of hydrogen-bond acceptors (Lipinski definition) is 5. The van der Waals surface area contributed by atoms with E-state index < -0.39 is 5.97 Å². The van der Waals surface area contributed by atoms with E-state index in [2.05, 4.69) is 4.89 Å². The maximum absolute atomic E-state index is 11.6. The molecule has 0 unspecified atom stereocenters. The van der Waals surface area contributed by atoms with Gasteiger partial charge in [0.2, 0.25) is 0 Å². The largest absolute Gasteiger partial charge is 0.497 e. The predicted molar refractivity (Wildman–Crippen MR) is 60.6 cm³/mol. The van der Waals surface area contributed by atoms with Crippen LogP contribution in [0.2, 0.25) is 0 Å². The van der Waals surface area contributed by atoms with Crippen molar-refractivity contribution < 1.29 is 24.0 Å². The fourth-order valence-corrected chi connectivity index (χ4v) is 1.09. The Bertz CT molecular complexity index is 364. The highest BCUT2D eigenvalue weighted by atomic mass is 17.2. The lowest BCUT2D eigenvalue weighted by molar-refractivity contribution is -0.229. The van der Waals surface area contributed by atoms with Crippen LogP contribution in [0.15, 0.2) is 18.2 Å². The average Bonchev–Trinajstić information content (AvgIpc) is 2.34. The SMILES string of the molecule is COc1cc(OC)cc(C(=O)OO[C](C)C)c1. The molecule has 0 saturated carbocycles. The molecule has 0 aromatic heterocycles. The lowest BCUT2D eigenvalue weighted by Crippen LogP contribution is -2.07. The molecule has 5 heteroatoms. The van der Waals surface area contributed by atoms with Crippen molar-refractivity contribution >= 4 is 5.97 Å². The van der Waals surface area contributed by atoms with Crippen molar-refractivity contribution in [1.82, 2.24) is 0 Å². The molecular formula is C12H15O5. The van der Waals surface area contributed by atoms with Gasteiger partial charge in [-0.3, -0.25) is 4.89 Å². The topological polar surface area (TPSA) is 54.0 Å². The molecule has 0 heterocycles. The first-order valence-electron chi connectivity index (χ1n) is 4.99. The van der Waals surface area contributed by atoms with Crippen LogP contribution in [0.4, 0.5) is 0 Å². The first-order valence-corrected chi connectivity index (χ1v) is 4.99. The van der Waals surface area contributed by atoms with Crippen LogP contribution >= 0.6 is 0 Å². The molecular weight excluding hydrogens is 224 g/mol. The summed E-state index contributed by atoms with van der Waals surface area (Å²) in [5.74, 6) is 0.408. The van der Waals surface area contributed by atoms with Gasteiger partial charge in [-0.15, -0.1) is 0 Å². The van der Waals surface area contributed by atoms with Crippen molar-refractivity contribution in [3.63, 3.8) is 0 Å². The molecule has 0 amide bonds. The summed E-state index contributed by atoms with van der Waals surface area (Å²) in [7, 11) is 3.01. The Morgan fingerprint density at radius 2 is 1.47 bits per heavy atom. The van der Waals surface area contributed by atoms with Crippen LogP contribution in [-0.2, 0) is 9.78 Å². The van der Waals surface area contributed by atoms with Gasteiger partial charge in [-0.05, 0) is 26.0 Å². The number of benzene rings is 1. The number of ether oxygens (including phenoxy) is 2. The molecule has 1 aromatic carbocycles. The molecule has 17 heavy (non-hydrogen) atoms. The molecule has 0 atom stereocenters. The molecule has 1 radical (unpaired) electrons. The van der Waals surface area contributed by atoms with Crippen LogP contribution in [-0.4, -0.2) is 20.2 Å². The summed E-state index contributed by atoms with van der Waals surface area (Å²) in [4.78, 5) is 20.9. The van der Waals surface area contributed by atoms with E-state index in [9.17, 15) is 4.79 Å². The van der Waals surface area contributed by atoms with Crippen molar-refractivity contribution in [3.05, 3.63) is 29.9 Å². The second-order valence-electron chi connectivity index (χ2n) is 3.46. The van der Waals surface area contributed by atoms with Crippen molar-refractivity contribution in [2.24, 2.45) is 0 Å². The van der Waals surface area contributed by atoms with Crippen molar-refractivity contribution in [1.29, 1.82) is 0 Å². The normalized spacial score (nSPS) is 10.2. The van der Waals surface area contributed by atoms with E-state index in [1.54, 1.807) is 32.0 Å². The van der Waals surface area contributed by atoms with Crippen LogP contribution in [0.25, 0.3) is 0 Å². The molecule has 0 fully saturated rings. The van der Waals surface area contributed by atoms with E-state index in [1.165, 1.54) is 14.2 Å². The molecule has 0 bridgehead atoms. The Hall–Kier alpha value is -1.75. The molecule has 0 spiro atoms. The fraction of sp³-hybridized carbons (Fsp3) is 0.333. The first-order chi connectivity index (χ1) is 8.06. The van der Waals surface area contributed by atoms with Gasteiger partial charge in [0.1, 0.15) is 17.6 Å². The van der Waals surface area contributed by atoms with Gasteiger partial charge in [-0.25, -0.2) is 4.79 Å². The van der Waals surface area contributed by atoms with E-state index in [0.717, 1.165) is 0 Å². The molecule has 0 aliphatic heterocycles. The quantitative estimate of drug-likeness (QED) is 0.583. The minimum atomic E-state index is -0.608. The molecule has 0 aliphatic rings. The third kappa shape index (κ3) is 3.96. The van der Waals surface area contributed by atoms with Crippen molar-refractivity contribution in [2.75, 3.05) is 14.2 Å². The van der Waals surface area contributed by atoms with Crippen LogP contribution in [0.1, 0.15) is 24.2 Å². The third-order valence-electron chi connectivity index (χ3n) is 1.87. The van der Waals surface area contributed by atoms with Gasteiger partial charge in [0.25, 0.3) is 0 Å². The van der Waals surface area contributed by atoms with Crippen LogP contribution in [0.5, 0.6) is 11.5 Å². The molecule has 5 nitrogen and oxygen atoms in total. The summed E-state index contributed by atoms with van der Waals surface area (Å²) in [6.45, 7) is 3.36. The molecule has 0 N–H and O–H groups in total. The average molecular weight is 239 g/mol. The summed E-state index contributed by atoms with van der Waals surface area (Å²) in [6, 6.07) is 4.74. The van der Waals surface area contributed by atoms with E-state index in [0.29, 0.717) is 23.2 Å². The molecule has 1 rings (SSSR count). The predicted octanol–water partition coefficient (Wildman–Crippen LogP) is 2.36. The highest BCUT2D eigenvalue weighted by Crippen LogP contribution is 2.23. The first kappa shape index (κ1) is 13.3. The maximum Gasteiger partial charge on any atom is 0.373 e. The highest BCUT2D eigenvalue weighted by molar-refractivity contribution is 5.90. The Kier molecular flexibility index (Phi) is 4.78. The van der Waals surface area contributed by atoms with Gasteiger partial charge in [0.05, 0.1) is 19.8 Å². The number of carbonyl (C=O) groups excluding carboxylic acids is 1. The Labute approximate surface area is 100 Å².